The first kappa shape index (κ1) is 18.8. The number of benzene rings is 2. The number of nitrogens with one attached hydrogen (secondary N) is 1. The molecule has 0 heterocycles. The van der Waals surface area contributed by atoms with Gasteiger partial charge in [0.1, 0.15) is 0 Å². The van der Waals surface area contributed by atoms with Crippen LogP contribution in [0.5, 0.6) is 0 Å². The first-order valence-corrected chi connectivity index (χ1v) is 8.20. The molecule has 3 rings (SSSR count). The lowest BCUT2D eigenvalue weighted by Gasteiger charge is -2.15. The summed E-state index contributed by atoms with van der Waals surface area (Å²) in [5.74, 6) is -0.581. The Morgan fingerprint density at radius 1 is 0.963 bits per heavy atom. The van der Waals surface area contributed by atoms with E-state index in [1.165, 1.54) is 0 Å². The number of carbonyl (C=O) groups is 2. The molecular weight excluding hydrogens is 363 g/mol. The minimum absolute atomic E-state index is 0.189. The fourth-order valence-corrected chi connectivity index (χ4v) is 2.89. The molecule has 0 aliphatic heterocycles. The van der Waals surface area contributed by atoms with E-state index < -0.39 is 30.9 Å². The molecule has 0 saturated carbocycles. The van der Waals surface area contributed by atoms with Gasteiger partial charge in [-0.25, -0.2) is 4.79 Å². The Kier molecular flexibility index (Phi) is 5.34. The third kappa shape index (κ3) is 4.58. The lowest BCUT2D eigenvalue weighted by molar-refractivity contribution is -0.160. The maximum absolute atomic E-state index is 12.1. The van der Waals surface area contributed by atoms with Crippen LogP contribution in [0, 0.1) is 0 Å². The molecule has 27 heavy (non-hydrogen) atoms. The molecule has 0 aromatic heterocycles. The van der Waals surface area contributed by atoms with Gasteiger partial charge in [-0.15, -0.1) is 0 Å². The molecule has 0 radical (unpaired) electrons. The number of carbonyl (C=O) groups excluding carboxylic acids is 2. The number of alkyl carbamates (subject to hydrolysis) is 1. The van der Waals surface area contributed by atoms with Gasteiger partial charge in [0.25, 0.3) is 0 Å². The van der Waals surface area contributed by atoms with Crippen LogP contribution in [0.2, 0.25) is 0 Å². The number of amides is 1. The van der Waals surface area contributed by atoms with E-state index in [9.17, 15) is 22.8 Å². The normalized spacial score (nSPS) is 12.9. The van der Waals surface area contributed by atoms with Crippen molar-refractivity contribution in [1.29, 1.82) is 0 Å². The smallest absolute Gasteiger partial charge is 0.422 e. The largest absolute Gasteiger partial charge is 0.452 e. The molecule has 0 atom stereocenters. The number of halogens is 3. The zero-order valence-corrected chi connectivity index (χ0v) is 14.1. The van der Waals surface area contributed by atoms with Gasteiger partial charge in [-0.05, 0) is 11.1 Å². The van der Waals surface area contributed by atoms with Crippen molar-refractivity contribution in [2.45, 2.75) is 18.7 Å². The van der Waals surface area contributed by atoms with Gasteiger partial charge < -0.3 is 14.8 Å². The predicted octanol–water partition coefficient (Wildman–Crippen LogP) is 3.98. The van der Waals surface area contributed by atoms with Crippen LogP contribution in [0.1, 0.15) is 23.7 Å². The van der Waals surface area contributed by atoms with Crippen molar-refractivity contribution in [2.75, 3.05) is 13.2 Å². The monoisotopic (exact) mass is 379 g/mol. The van der Waals surface area contributed by atoms with Crippen molar-refractivity contribution in [3.05, 3.63) is 59.7 Å². The van der Waals surface area contributed by atoms with Crippen molar-refractivity contribution in [1.82, 2.24) is 5.32 Å². The number of hydrogen-bond donors (Lipinski definition) is 1. The highest BCUT2D eigenvalue weighted by Gasteiger charge is 2.31. The average molecular weight is 379 g/mol. The van der Waals surface area contributed by atoms with E-state index in [0.717, 1.165) is 22.3 Å². The van der Waals surface area contributed by atoms with Gasteiger partial charge in [-0.1, -0.05) is 48.5 Å². The molecule has 0 saturated heterocycles. The molecule has 142 valence electrons. The summed E-state index contributed by atoms with van der Waals surface area (Å²) in [7, 11) is 0. The molecule has 0 bridgehead atoms. The molecule has 8 heteroatoms. The Morgan fingerprint density at radius 3 is 2.07 bits per heavy atom. The van der Waals surface area contributed by atoms with Gasteiger partial charge in [0.2, 0.25) is 0 Å². The molecule has 0 spiro atoms. The summed E-state index contributed by atoms with van der Waals surface area (Å²) in [5, 5.41) is 2.09. The molecule has 1 aliphatic rings. The maximum atomic E-state index is 12.1. The van der Waals surface area contributed by atoms with Gasteiger partial charge in [0.15, 0.2) is 12.7 Å². The molecule has 5 nitrogen and oxygen atoms in total. The molecule has 1 aliphatic carbocycles. The molecule has 2 aromatic carbocycles. The third-order valence-electron chi connectivity index (χ3n) is 3.99. The number of alkyl halides is 3. The summed E-state index contributed by atoms with van der Waals surface area (Å²) in [6.45, 7) is -1.87. The molecule has 0 unspecified atom stereocenters. The predicted molar refractivity (Wildman–Crippen MR) is 89.8 cm³/mol. The van der Waals surface area contributed by atoms with Gasteiger partial charge in [-0.2, -0.15) is 13.2 Å². The van der Waals surface area contributed by atoms with E-state index in [1.807, 2.05) is 48.5 Å². The number of rotatable bonds is 5. The topological polar surface area (TPSA) is 64.6 Å². The second-order valence-corrected chi connectivity index (χ2v) is 5.91. The fraction of sp³-hybridized carbons (Fsp3) is 0.263. The van der Waals surface area contributed by atoms with Crippen LogP contribution in [0.4, 0.5) is 18.0 Å². The lowest BCUT2D eigenvalue weighted by atomic mass is 10.1. The Hall–Kier alpha value is -3.03. The Labute approximate surface area is 153 Å². The zero-order valence-electron chi connectivity index (χ0n) is 14.1. The molecular formula is C19H16F3NO4. The second-order valence-electron chi connectivity index (χ2n) is 5.91. The second kappa shape index (κ2) is 7.69. The number of fused-ring (bicyclic) bond motifs is 3. The Balaban J connectivity index is 1.55. The highest BCUT2D eigenvalue weighted by atomic mass is 19.4. The van der Waals surface area contributed by atoms with E-state index in [1.54, 1.807) is 0 Å². The van der Waals surface area contributed by atoms with Crippen molar-refractivity contribution >= 4 is 12.1 Å². The average Bonchev–Trinajstić information content (AvgIpc) is 2.94. The summed E-state index contributed by atoms with van der Waals surface area (Å²) in [6.07, 6.45) is -6.58. The van der Waals surface area contributed by atoms with Crippen molar-refractivity contribution in [2.24, 2.45) is 0 Å². The van der Waals surface area contributed by atoms with Crippen LogP contribution in [-0.2, 0) is 14.3 Å². The Bertz CT molecular complexity index is 805. The minimum atomic E-state index is -4.60. The zero-order chi connectivity index (χ0) is 19.4. The van der Waals surface area contributed by atoms with Crippen LogP contribution in [0.15, 0.2) is 48.5 Å². The SMILES string of the molecule is O=C(CCNC(=O)OCC(F)(F)F)OC1c2ccccc2-c2ccccc21. The third-order valence-corrected chi connectivity index (χ3v) is 3.99. The number of esters is 1. The van der Waals surface area contributed by atoms with E-state index in [-0.39, 0.29) is 13.0 Å². The first-order chi connectivity index (χ1) is 12.8. The van der Waals surface area contributed by atoms with Gasteiger partial charge in [0, 0.05) is 17.7 Å². The van der Waals surface area contributed by atoms with Crippen LogP contribution < -0.4 is 5.32 Å². The summed E-state index contributed by atoms with van der Waals surface area (Å²) in [4.78, 5) is 23.3. The van der Waals surface area contributed by atoms with Gasteiger partial charge >= 0.3 is 18.2 Å². The van der Waals surface area contributed by atoms with E-state index >= 15 is 0 Å². The number of ether oxygens (including phenoxy) is 2. The van der Waals surface area contributed by atoms with Crippen molar-refractivity contribution in [3.63, 3.8) is 0 Å². The van der Waals surface area contributed by atoms with Crippen LogP contribution in [0.3, 0.4) is 0 Å². The molecule has 2 aromatic rings. The molecule has 0 fully saturated rings. The summed E-state index contributed by atoms with van der Waals surface area (Å²) in [6, 6.07) is 15.1. The summed E-state index contributed by atoms with van der Waals surface area (Å²) >= 11 is 0. The standard InChI is InChI=1S/C19H16F3NO4/c20-19(21,22)11-26-18(25)23-10-9-16(24)27-17-14-7-3-1-5-12(14)13-6-2-4-8-15(13)17/h1-8,17H,9-11H2,(H,23,25). The van der Waals surface area contributed by atoms with Crippen LogP contribution in [-0.4, -0.2) is 31.4 Å². The van der Waals surface area contributed by atoms with Crippen LogP contribution >= 0.6 is 0 Å². The van der Waals surface area contributed by atoms with Crippen molar-refractivity contribution in [3.8, 4) is 11.1 Å². The molecule has 1 amide bonds. The number of hydrogen-bond acceptors (Lipinski definition) is 4. The fourth-order valence-electron chi connectivity index (χ4n) is 2.89. The van der Waals surface area contributed by atoms with E-state index in [4.69, 9.17) is 4.74 Å². The lowest BCUT2D eigenvalue weighted by Crippen LogP contribution is -2.30. The molecule has 1 N–H and O–H groups in total. The first-order valence-electron chi connectivity index (χ1n) is 8.20. The van der Waals surface area contributed by atoms with E-state index in [0.29, 0.717) is 0 Å². The summed E-state index contributed by atoms with van der Waals surface area (Å²) < 4.78 is 45.4. The highest BCUT2D eigenvalue weighted by molar-refractivity contribution is 5.80. The summed E-state index contributed by atoms with van der Waals surface area (Å²) in [5.41, 5.74) is 3.70. The quantitative estimate of drug-likeness (QED) is 0.799. The highest BCUT2D eigenvalue weighted by Crippen LogP contribution is 2.45. The minimum Gasteiger partial charge on any atom is -0.452 e. The van der Waals surface area contributed by atoms with Gasteiger partial charge in [-0.3, -0.25) is 4.79 Å². The van der Waals surface area contributed by atoms with Crippen molar-refractivity contribution < 1.29 is 32.2 Å². The Morgan fingerprint density at radius 2 is 1.52 bits per heavy atom. The van der Waals surface area contributed by atoms with Gasteiger partial charge in [0.05, 0.1) is 6.42 Å². The maximum Gasteiger partial charge on any atom is 0.422 e. The van der Waals surface area contributed by atoms with Crippen LogP contribution in [0.25, 0.3) is 11.1 Å². The van der Waals surface area contributed by atoms with E-state index in [2.05, 4.69) is 10.1 Å².